The monoisotopic (exact) mass is 240 g/mol. The first-order chi connectivity index (χ1) is 7.96. The number of carbonyl (C=O) groups excluding carboxylic acids is 1. The standard InChI is InChI=1S/C13H24N2O2/c1-12(2,11(14)16)15-10-4-3-5-13(10)6-8-17-9-7-13/h10,15H,3-9H2,1-2H3,(H2,14,16). The predicted octanol–water partition coefficient (Wildman–Crippen LogP) is 1.19. The average Bonchev–Trinajstić information content (AvgIpc) is 2.62. The van der Waals surface area contributed by atoms with Gasteiger partial charge in [0.2, 0.25) is 5.91 Å². The van der Waals surface area contributed by atoms with Gasteiger partial charge in [-0.3, -0.25) is 4.79 Å². The molecule has 0 aromatic carbocycles. The van der Waals surface area contributed by atoms with Gasteiger partial charge >= 0.3 is 0 Å². The maximum Gasteiger partial charge on any atom is 0.237 e. The largest absolute Gasteiger partial charge is 0.381 e. The Kier molecular flexibility index (Phi) is 3.46. The van der Waals surface area contributed by atoms with E-state index in [-0.39, 0.29) is 5.91 Å². The van der Waals surface area contributed by atoms with Crippen LogP contribution in [0.2, 0.25) is 0 Å². The van der Waals surface area contributed by atoms with Crippen molar-refractivity contribution in [2.75, 3.05) is 13.2 Å². The third kappa shape index (κ3) is 2.47. The third-order valence-electron chi connectivity index (χ3n) is 4.55. The molecule has 1 heterocycles. The molecule has 3 N–H and O–H groups in total. The number of amides is 1. The molecular formula is C13H24N2O2. The molecule has 1 unspecified atom stereocenters. The highest BCUT2D eigenvalue weighted by Crippen LogP contribution is 2.46. The molecule has 1 saturated carbocycles. The third-order valence-corrected chi connectivity index (χ3v) is 4.55. The molecule has 98 valence electrons. The first kappa shape index (κ1) is 12.8. The maximum absolute atomic E-state index is 11.4. The minimum absolute atomic E-state index is 0.272. The summed E-state index contributed by atoms with van der Waals surface area (Å²) in [5.74, 6) is -0.272. The van der Waals surface area contributed by atoms with Crippen molar-refractivity contribution in [3.8, 4) is 0 Å². The van der Waals surface area contributed by atoms with Crippen molar-refractivity contribution in [3.05, 3.63) is 0 Å². The van der Waals surface area contributed by atoms with Gasteiger partial charge in [-0.1, -0.05) is 6.42 Å². The van der Waals surface area contributed by atoms with E-state index in [0.717, 1.165) is 32.5 Å². The lowest BCUT2D eigenvalue weighted by atomic mass is 9.75. The molecule has 1 spiro atoms. The number of primary amides is 1. The van der Waals surface area contributed by atoms with Crippen molar-refractivity contribution in [3.63, 3.8) is 0 Å². The number of hydrogen-bond acceptors (Lipinski definition) is 3. The normalized spacial score (nSPS) is 28.5. The summed E-state index contributed by atoms with van der Waals surface area (Å²) in [4.78, 5) is 11.4. The van der Waals surface area contributed by atoms with E-state index in [9.17, 15) is 4.79 Å². The lowest BCUT2D eigenvalue weighted by molar-refractivity contribution is -0.124. The molecule has 1 amide bonds. The summed E-state index contributed by atoms with van der Waals surface area (Å²) in [6.45, 7) is 5.46. The quantitative estimate of drug-likeness (QED) is 0.779. The summed E-state index contributed by atoms with van der Waals surface area (Å²) in [5, 5.41) is 3.49. The summed E-state index contributed by atoms with van der Waals surface area (Å²) < 4.78 is 5.46. The molecule has 0 bridgehead atoms. The van der Waals surface area contributed by atoms with E-state index in [1.165, 1.54) is 12.8 Å². The summed E-state index contributed by atoms with van der Waals surface area (Å²) in [6.07, 6.45) is 5.87. The number of carbonyl (C=O) groups is 1. The molecule has 4 heteroatoms. The molecule has 1 aliphatic heterocycles. The van der Waals surface area contributed by atoms with Crippen LogP contribution in [0.5, 0.6) is 0 Å². The molecule has 0 aromatic heterocycles. The Morgan fingerprint density at radius 3 is 2.59 bits per heavy atom. The Labute approximate surface area is 103 Å². The second kappa shape index (κ2) is 4.58. The molecular weight excluding hydrogens is 216 g/mol. The van der Waals surface area contributed by atoms with Gasteiger partial charge in [0.15, 0.2) is 0 Å². The van der Waals surface area contributed by atoms with Crippen molar-refractivity contribution < 1.29 is 9.53 Å². The summed E-state index contributed by atoms with van der Waals surface area (Å²) >= 11 is 0. The summed E-state index contributed by atoms with van der Waals surface area (Å²) in [7, 11) is 0. The lowest BCUT2D eigenvalue weighted by Gasteiger charge is -2.42. The van der Waals surface area contributed by atoms with Crippen LogP contribution in [0, 0.1) is 5.41 Å². The van der Waals surface area contributed by atoms with Crippen molar-refractivity contribution in [1.29, 1.82) is 0 Å². The fourth-order valence-electron chi connectivity index (χ4n) is 3.25. The van der Waals surface area contributed by atoms with Gasteiger partial charge in [-0.05, 0) is 44.9 Å². The first-order valence-electron chi connectivity index (χ1n) is 6.62. The van der Waals surface area contributed by atoms with E-state index >= 15 is 0 Å². The Hall–Kier alpha value is -0.610. The van der Waals surface area contributed by atoms with Gasteiger partial charge < -0.3 is 15.8 Å². The highest BCUT2D eigenvalue weighted by molar-refractivity contribution is 5.83. The number of ether oxygens (including phenoxy) is 1. The molecule has 1 atom stereocenters. The second-order valence-corrected chi connectivity index (χ2v) is 6.05. The highest BCUT2D eigenvalue weighted by atomic mass is 16.5. The van der Waals surface area contributed by atoms with Crippen LogP contribution in [0.3, 0.4) is 0 Å². The van der Waals surface area contributed by atoms with E-state index in [4.69, 9.17) is 10.5 Å². The highest BCUT2D eigenvalue weighted by Gasteiger charge is 2.46. The predicted molar refractivity (Wildman–Crippen MR) is 66.5 cm³/mol. The Morgan fingerprint density at radius 2 is 2.00 bits per heavy atom. The number of nitrogens with two attached hydrogens (primary N) is 1. The number of hydrogen-bond donors (Lipinski definition) is 2. The fraction of sp³-hybridized carbons (Fsp3) is 0.923. The van der Waals surface area contributed by atoms with E-state index in [2.05, 4.69) is 5.32 Å². The molecule has 2 rings (SSSR count). The van der Waals surface area contributed by atoms with Crippen molar-refractivity contribution in [1.82, 2.24) is 5.32 Å². The van der Waals surface area contributed by atoms with Crippen molar-refractivity contribution in [2.45, 2.75) is 57.5 Å². The average molecular weight is 240 g/mol. The van der Waals surface area contributed by atoms with Crippen molar-refractivity contribution >= 4 is 5.91 Å². The van der Waals surface area contributed by atoms with Gasteiger partial charge in [0.25, 0.3) is 0 Å². The van der Waals surface area contributed by atoms with E-state index in [1.807, 2.05) is 13.8 Å². The molecule has 0 radical (unpaired) electrons. The zero-order chi connectivity index (χ0) is 12.5. The molecule has 2 aliphatic rings. The zero-order valence-electron chi connectivity index (χ0n) is 10.9. The number of rotatable bonds is 3. The van der Waals surface area contributed by atoms with Crippen LogP contribution in [0.15, 0.2) is 0 Å². The van der Waals surface area contributed by atoms with E-state index < -0.39 is 5.54 Å². The topological polar surface area (TPSA) is 64.3 Å². The molecule has 4 nitrogen and oxygen atoms in total. The van der Waals surface area contributed by atoms with Gasteiger partial charge in [-0.15, -0.1) is 0 Å². The van der Waals surface area contributed by atoms with Crippen LogP contribution >= 0.6 is 0 Å². The van der Waals surface area contributed by atoms with Gasteiger partial charge in [-0.2, -0.15) is 0 Å². The van der Waals surface area contributed by atoms with Crippen LogP contribution in [0.25, 0.3) is 0 Å². The molecule has 17 heavy (non-hydrogen) atoms. The van der Waals surface area contributed by atoms with E-state index in [0.29, 0.717) is 11.5 Å². The Balaban J connectivity index is 2.07. The van der Waals surface area contributed by atoms with Crippen LogP contribution < -0.4 is 11.1 Å². The molecule has 2 fully saturated rings. The molecule has 1 saturated heterocycles. The minimum atomic E-state index is -0.611. The van der Waals surface area contributed by atoms with Gasteiger partial charge in [-0.25, -0.2) is 0 Å². The Morgan fingerprint density at radius 1 is 1.35 bits per heavy atom. The smallest absolute Gasteiger partial charge is 0.237 e. The fourth-order valence-corrected chi connectivity index (χ4v) is 3.25. The zero-order valence-corrected chi connectivity index (χ0v) is 10.9. The van der Waals surface area contributed by atoms with Crippen LogP contribution in [-0.4, -0.2) is 30.7 Å². The first-order valence-corrected chi connectivity index (χ1v) is 6.62. The second-order valence-electron chi connectivity index (χ2n) is 6.05. The van der Waals surface area contributed by atoms with E-state index in [1.54, 1.807) is 0 Å². The Bertz CT molecular complexity index is 296. The maximum atomic E-state index is 11.4. The minimum Gasteiger partial charge on any atom is -0.381 e. The SMILES string of the molecule is CC(C)(NC1CCCC12CCOCC2)C(N)=O. The van der Waals surface area contributed by atoms with Gasteiger partial charge in [0.05, 0.1) is 5.54 Å². The summed E-state index contributed by atoms with van der Waals surface area (Å²) in [6, 6.07) is 0.411. The van der Waals surface area contributed by atoms with Crippen LogP contribution in [0.4, 0.5) is 0 Å². The molecule has 0 aromatic rings. The van der Waals surface area contributed by atoms with Gasteiger partial charge in [0, 0.05) is 19.3 Å². The summed E-state index contributed by atoms with van der Waals surface area (Å²) in [5.41, 5.74) is 5.17. The molecule has 1 aliphatic carbocycles. The van der Waals surface area contributed by atoms with Crippen molar-refractivity contribution in [2.24, 2.45) is 11.1 Å². The van der Waals surface area contributed by atoms with Crippen LogP contribution in [0.1, 0.15) is 46.0 Å². The number of nitrogens with one attached hydrogen (secondary N) is 1. The van der Waals surface area contributed by atoms with Crippen LogP contribution in [-0.2, 0) is 9.53 Å². The van der Waals surface area contributed by atoms with Gasteiger partial charge in [0.1, 0.15) is 0 Å². The lowest BCUT2D eigenvalue weighted by Crippen LogP contribution is -2.58.